The van der Waals surface area contributed by atoms with Crippen molar-refractivity contribution in [2.75, 3.05) is 6.61 Å². The van der Waals surface area contributed by atoms with E-state index in [9.17, 15) is 31.5 Å². The van der Waals surface area contributed by atoms with Gasteiger partial charge in [-0.3, -0.25) is 4.79 Å². The van der Waals surface area contributed by atoms with Crippen LogP contribution in [0.4, 0.5) is 13.2 Å². The highest BCUT2D eigenvalue weighted by molar-refractivity contribution is 7.91. The summed E-state index contributed by atoms with van der Waals surface area (Å²) in [6.07, 6.45) is -0.225. The van der Waals surface area contributed by atoms with Crippen LogP contribution in [0, 0.1) is 5.92 Å². The Morgan fingerprint density at radius 3 is 2.37 bits per heavy atom. The van der Waals surface area contributed by atoms with Gasteiger partial charge in [-0.05, 0) is 12.3 Å². The van der Waals surface area contributed by atoms with Crippen LogP contribution in [0.5, 0.6) is 0 Å². The molecule has 0 spiro atoms. The quantitative estimate of drug-likeness (QED) is 0.406. The molecule has 0 aliphatic rings. The van der Waals surface area contributed by atoms with Gasteiger partial charge in [0.05, 0.1) is 12.5 Å². The normalized spacial score (nSPS) is 15.1. The van der Waals surface area contributed by atoms with Crippen LogP contribution in [0.15, 0.2) is 4.40 Å². The molecule has 112 valence electrons. The molecule has 0 aromatic rings. The number of hydrogen-bond donors (Lipinski definition) is 0. The Labute approximate surface area is 108 Å². The van der Waals surface area contributed by atoms with Gasteiger partial charge < -0.3 is 9.84 Å². The molecule has 1 atom stereocenters. The van der Waals surface area contributed by atoms with Crippen LogP contribution in [0.2, 0.25) is 0 Å². The Morgan fingerprint density at radius 1 is 1.42 bits per heavy atom. The lowest BCUT2D eigenvalue weighted by Gasteiger charge is -2.13. The number of sulfonamides is 1. The van der Waals surface area contributed by atoms with Crippen molar-refractivity contribution in [3.8, 4) is 0 Å². The minimum atomic E-state index is -5.83. The van der Waals surface area contributed by atoms with Gasteiger partial charge in [0.15, 0.2) is 0 Å². The Morgan fingerprint density at radius 2 is 1.95 bits per heavy atom. The van der Waals surface area contributed by atoms with Gasteiger partial charge in [0.1, 0.15) is 0 Å². The van der Waals surface area contributed by atoms with Crippen LogP contribution < -0.4 is 5.11 Å². The number of nitrogens with zero attached hydrogens (tertiary/aromatic N) is 1. The van der Waals surface area contributed by atoms with Crippen molar-refractivity contribution < 1.29 is 36.2 Å². The van der Waals surface area contributed by atoms with Crippen LogP contribution in [-0.2, 0) is 19.6 Å². The summed E-state index contributed by atoms with van der Waals surface area (Å²) >= 11 is 0. The Hall–Kier alpha value is -1.32. The number of carbonyl (C=O) groups is 1. The summed E-state index contributed by atoms with van der Waals surface area (Å²) in [7, 11) is -5.83. The van der Waals surface area contributed by atoms with Crippen LogP contribution in [-0.4, -0.2) is 32.4 Å². The number of rotatable bonds is 6. The zero-order valence-electron chi connectivity index (χ0n) is 10.2. The molecule has 0 N–H and O–H groups in total. The average Bonchev–Trinajstić information content (AvgIpc) is 2.25. The van der Waals surface area contributed by atoms with Gasteiger partial charge in [-0.1, -0.05) is 13.8 Å². The predicted octanol–water partition coefficient (Wildman–Crippen LogP) is 0.574. The third-order valence-electron chi connectivity index (χ3n) is 2.09. The molecular formula is C9H13F3NO5S-. The SMILES string of the molecule is CCC(C)C(=O)OCC/C([O-])=N/S(=O)(=O)C(F)(F)F. The topological polar surface area (TPSA) is 95.9 Å². The summed E-state index contributed by atoms with van der Waals surface area (Å²) in [5, 5.41) is 10.9. The van der Waals surface area contributed by atoms with Crippen molar-refractivity contribution in [2.24, 2.45) is 10.3 Å². The summed E-state index contributed by atoms with van der Waals surface area (Å²) in [5.41, 5.74) is -5.62. The summed E-state index contributed by atoms with van der Waals surface area (Å²) in [6, 6.07) is 0. The molecule has 0 bridgehead atoms. The minimum absolute atomic E-state index is 0.411. The van der Waals surface area contributed by atoms with Crippen molar-refractivity contribution in [3.05, 3.63) is 0 Å². The molecule has 1 unspecified atom stereocenters. The van der Waals surface area contributed by atoms with Gasteiger partial charge in [0.25, 0.3) is 0 Å². The van der Waals surface area contributed by atoms with Crippen molar-refractivity contribution >= 4 is 21.9 Å². The van der Waals surface area contributed by atoms with Gasteiger partial charge in [-0.25, -0.2) is 0 Å². The second kappa shape index (κ2) is 6.73. The first-order valence-corrected chi connectivity index (χ1v) is 6.69. The van der Waals surface area contributed by atoms with E-state index in [2.05, 4.69) is 9.13 Å². The minimum Gasteiger partial charge on any atom is -0.861 e. The van der Waals surface area contributed by atoms with E-state index < -0.39 is 46.3 Å². The standard InChI is InChI=1S/C9H14F3NO5S/c1-3-6(2)8(15)18-5-4-7(14)13-19(16,17)9(10,11)12/h6H,3-5H2,1-2H3,(H,13,14)/p-1. The first-order valence-electron chi connectivity index (χ1n) is 5.25. The Balaban J connectivity index is 4.42. The van der Waals surface area contributed by atoms with Gasteiger partial charge in [-0.15, -0.1) is 0 Å². The summed E-state index contributed by atoms with van der Waals surface area (Å²) < 4.78 is 63.2. The van der Waals surface area contributed by atoms with Crippen molar-refractivity contribution in [1.29, 1.82) is 0 Å². The van der Waals surface area contributed by atoms with Gasteiger partial charge >= 0.3 is 21.5 Å². The van der Waals surface area contributed by atoms with Gasteiger partial charge in [0, 0.05) is 6.42 Å². The number of hydrogen-bond acceptors (Lipinski definition) is 5. The third-order valence-corrected chi connectivity index (χ3v) is 3.12. The molecule has 0 amide bonds. The maximum Gasteiger partial charge on any atom is 0.518 e. The number of esters is 1. The van der Waals surface area contributed by atoms with E-state index in [1.165, 1.54) is 0 Å². The van der Waals surface area contributed by atoms with E-state index in [-0.39, 0.29) is 0 Å². The van der Waals surface area contributed by atoms with Crippen LogP contribution in [0.25, 0.3) is 0 Å². The first kappa shape index (κ1) is 17.7. The van der Waals surface area contributed by atoms with Gasteiger partial charge in [0.2, 0.25) is 0 Å². The number of halogens is 3. The maximum atomic E-state index is 11.9. The van der Waals surface area contributed by atoms with Crippen LogP contribution in [0.1, 0.15) is 26.7 Å². The lowest BCUT2D eigenvalue weighted by molar-refractivity contribution is -0.219. The molecule has 0 heterocycles. The second-order valence-electron chi connectivity index (χ2n) is 3.63. The fourth-order valence-corrected chi connectivity index (χ4v) is 1.24. The summed E-state index contributed by atoms with van der Waals surface area (Å²) in [6.45, 7) is 2.78. The maximum absolute atomic E-state index is 11.9. The van der Waals surface area contributed by atoms with E-state index in [1.54, 1.807) is 13.8 Å². The molecule has 0 aliphatic carbocycles. The van der Waals surface area contributed by atoms with Crippen LogP contribution in [0.3, 0.4) is 0 Å². The molecule has 0 aliphatic heterocycles. The smallest absolute Gasteiger partial charge is 0.518 e. The molecule has 0 saturated heterocycles. The summed E-state index contributed by atoms with van der Waals surface area (Å²) in [4.78, 5) is 11.1. The third kappa shape index (κ3) is 5.90. The average molecular weight is 304 g/mol. The number of carbonyl (C=O) groups excluding carboxylic acids is 1. The number of ether oxygens (including phenoxy) is 1. The Kier molecular flexibility index (Phi) is 6.27. The van der Waals surface area contributed by atoms with Crippen molar-refractivity contribution in [2.45, 2.75) is 32.2 Å². The van der Waals surface area contributed by atoms with E-state index in [1.807, 2.05) is 0 Å². The fraction of sp³-hybridized carbons (Fsp3) is 0.778. The molecule has 0 aromatic heterocycles. The lowest BCUT2D eigenvalue weighted by Crippen LogP contribution is -2.28. The monoisotopic (exact) mass is 304 g/mol. The zero-order chi connectivity index (χ0) is 15.3. The van der Waals surface area contributed by atoms with Crippen molar-refractivity contribution in [1.82, 2.24) is 0 Å². The van der Waals surface area contributed by atoms with E-state index >= 15 is 0 Å². The molecule has 6 nitrogen and oxygen atoms in total. The largest absolute Gasteiger partial charge is 0.861 e. The van der Waals surface area contributed by atoms with E-state index in [0.29, 0.717) is 6.42 Å². The molecule has 10 heteroatoms. The molecule has 0 saturated carbocycles. The highest BCUT2D eigenvalue weighted by atomic mass is 32.2. The molecule has 0 fully saturated rings. The van der Waals surface area contributed by atoms with Crippen LogP contribution >= 0.6 is 0 Å². The highest BCUT2D eigenvalue weighted by Crippen LogP contribution is 2.24. The molecular weight excluding hydrogens is 291 g/mol. The first-order chi connectivity index (χ1) is 8.51. The van der Waals surface area contributed by atoms with Gasteiger partial charge in [-0.2, -0.15) is 26.0 Å². The van der Waals surface area contributed by atoms with E-state index in [0.717, 1.165) is 0 Å². The second-order valence-corrected chi connectivity index (χ2v) is 5.23. The van der Waals surface area contributed by atoms with Crippen molar-refractivity contribution in [3.63, 3.8) is 0 Å². The molecule has 0 aromatic carbocycles. The Bertz CT molecular complexity index is 443. The summed E-state index contributed by atoms with van der Waals surface area (Å²) in [5.74, 6) is -2.55. The molecule has 0 rings (SSSR count). The van der Waals surface area contributed by atoms with E-state index in [4.69, 9.17) is 0 Å². The molecule has 0 radical (unpaired) electrons. The molecule has 19 heavy (non-hydrogen) atoms. The number of alkyl halides is 3. The highest BCUT2D eigenvalue weighted by Gasteiger charge is 2.45. The zero-order valence-corrected chi connectivity index (χ0v) is 11.0. The fourth-order valence-electron chi connectivity index (χ4n) is 0.779. The predicted molar refractivity (Wildman–Crippen MR) is 57.4 cm³/mol. The lowest BCUT2D eigenvalue weighted by atomic mass is 10.1.